The Balaban J connectivity index is 1.76. The molecule has 0 bridgehead atoms. The largest absolute Gasteiger partial charge is 0.487 e. The highest BCUT2D eigenvalue weighted by molar-refractivity contribution is 6.32. The molecule has 1 aliphatic heterocycles. The van der Waals surface area contributed by atoms with Crippen molar-refractivity contribution in [3.8, 4) is 5.75 Å². The standard InChI is InChI=1S/C14H19ClN2O3/c1-9(20-13-5-3-2-4-11(13)15)7-17-14(19)12-6-10(18)8-16-12/h2-5,9-10,12,16,18H,6-8H2,1H3,(H,17,19)/t9-,10+,12+/m1/s1. The molecule has 0 aliphatic carbocycles. The predicted molar refractivity (Wildman–Crippen MR) is 77.0 cm³/mol. The Morgan fingerprint density at radius 2 is 2.35 bits per heavy atom. The first kappa shape index (κ1) is 15.1. The van der Waals surface area contributed by atoms with E-state index in [2.05, 4.69) is 10.6 Å². The van der Waals surface area contributed by atoms with E-state index in [1.54, 1.807) is 12.1 Å². The van der Waals surface area contributed by atoms with Crippen molar-refractivity contribution in [3.63, 3.8) is 0 Å². The molecule has 5 nitrogen and oxygen atoms in total. The minimum absolute atomic E-state index is 0.115. The molecule has 1 aliphatic rings. The van der Waals surface area contributed by atoms with E-state index in [4.69, 9.17) is 16.3 Å². The summed E-state index contributed by atoms with van der Waals surface area (Å²) in [6.45, 7) is 2.71. The van der Waals surface area contributed by atoms with Gasteiger partial charge >= 0.3 is 0 Å². The lowest BCUT2D eigenvalue weighted by Gasteiger charge is -2.17. The van der Waals surface area contributed by atoms with Crippen molar-refractivity contribution in [1.82, 2.24) is 10.6 Å². The van der Waals surface area contributed by atoms with Crippen LogP contribution in [0.4, 0.5) is 0 Å². The van der Waals surface area contributed by atoms with Crippen LogP contribution < -0.4 is 15.4 Å². The molecule has 0 unspecified atom stereocenters. The average Bonchev–Trinajstić information content (AvgIpc) is 2.85. The molecule has 3 atom stereocenters. The number of aliphatic hydroxyl groups is 1. The maximum absolute atomic E-state index is 11.8. The predicted octanol–water partition coefficient (Wildman–Crippen LogP) is 0.946. The molecular formula is C14H19ClN2O3. The van der Waals surface area contributed by atoms with E-state index in [-0.39, 0.29) is 18.1 Å². The van der Waals surface area contributed by atoms with E-state index >= 15 is 0 Å². The molecule has 1 amide bonds. The Hall–Kier alpha value is -1.30. The zero-order valence-corrected chi connectivity index (χ0v) is 12.1. The quantitative estimate of drug-likeness (QED) is 0.757. The average molecular weight is 299 g/mol. The van der Waals surface area contributed by atoms with Crippen molar-refractivity contribution in [2.45, 2.75) is 31.6 Å². The number of carbonyl (C=O) groups is 1. The fourth-order valence-corrected chi connectivity index (χ4v) is 2.26. The third kappa shape index (κ3) is 4.10. The van der Waals surface area contributed by atoms with Crippen LogP contribution in [-0.2, 0) is 4.79 Å². The highest BCUT2D eigenvalue weighted by Crippen LogP contribution is 2.24. The molecule has 2 rings (SSSR count). The fraction of sp³-hybridized carbons (Fsp3) is 0.500. The SMILES string of the molecule is C[C@H](CNC(=O)[C@@H]1C[C@H](O)CN1)Oc1ccccc1Cl. The van der Waals surface area contributed by atoms with E-state index in [1.165, 1.54) is 0 Å². The summed E-state index contributed by atoms with van der Waals surface area (Å²) in [7, 11) is 0. The van der Waals surface area contributed by atoms with Crippen LogP contribution in [0.2, 0.25) is 5.02 Å². The van der Waals surface area contributed by atoms with Gasteiger partial charge < -0.3 is 20.5 Å². The molecule has 3 N–H and O–H groups in total. The number of hydrogen-bond acceptors (Lipinski definition) is 4. The van der Waals surface area contributed by atoms with Crippen molar-refractivity contribution < 1.29 is 14.6 Å². The van der Waals surface area contributed by atoms with Gasteiger partial charge in [-0.2, -0.15) is 0 Å². The molecule has 20 heavy (non-hydrogen) atoms. The third-order valence-corrected chi connectivity index (χ3v) is 3.46. The van der Waals surface area contributed by atoms with Gasteiger partial charge in [-0.05, 0) is 25.5 Å². The van der Waals surface area contributed by atoms with E-state index in [9.17, 15) is 9.90 Å². The first-order valence-corrected chi connectivity index (χ1v) is 7.04. The van der Waals surface area contributed by atoms with Crippen molar-refractivity contribution >= 4 is 17.5 Å². The molecule has 1 saturated heterocycles. The van der Waals surface area contributed by atoms with Crippen LogP contribution in [0.25, 0.3) is 0 Å². The van der Waals surface area contributed by atoms with Gasteiger partial charge in [-0.25, -0.2) is 0 Å². The van der Waals surface area contributed by atoms with Gasteiger partial charge in [0.15, 0.2) is 0 Å². The number of amides is 1. The third-order valence-electron chi connectivity index (χ3n) is 3.15. The number of carbonyl (C=O) groups excluding carboxylic acids is 1. The van der Waals surface area contributed by atoms with Gasteiger partial charge in [-0.15, -0.1) is 0 Å². The minimum Gasteiger partial charge on any atom is -0.487 e. The summed E-state index contributed by atoms with van der Waals surface area (Å²) in [5.41, 5.74) is 0. The van der Waals surface area contributed by atoms with E-state index < -0.39 is 6.10 Å². The second-order valence-electron chi connectivity index (χ2n) is 4.95. The molecular weight excluding hydrogens is 280 g/mol. The summed E-state index contributed by atoms with van der Waals surface area (Å²) in [6.07, 6.45) is -0.182. The second-order valence-corrected chi connectivity index (χ2v) is 5.36. The number of benzene rings is 1. The molecule has 6 heteroatoms. The highest BCUT2D eigenvalue weighted by Gasteiger charge is 2.27. The number of hydrogen-bond donors (Lipinski definition) is 3. The van der Waals surface area contributed by atoms with E-state index in [0.717, 1.165) is 0 Å². The van der Waals surface area contributed by atoms with Crippen LogP contribution in [0, 0.1) is 0 Å². The fourth-order valence-electron chi connectivity index (χ4n) is 2.08. The number of aliphatic hydroxyl groups excluding tert-OH is 1. The van der Waals surface area contributed by atoms with Crippen LogP contribution in [0.15, 0.2) is 24.3 Å². The van der Waals surface area contributed by atoms with Gasteiger partial charge in [0.1, 0.15) is 11.9 Å². The molecule has 1 heterocycles. The summed E-state index contributed by atoms with van der Waals surface area (Å²) in [5, 5.41) is 15.7. The first-order valence-electron chi connectivity index (χ1n) is 6.66. The Bertz CT molecular complexity index is 469. The van der Waals surface area contributed by atoms with Gasteiger partial charge in [0, 0.05) is 6.54 Å². The Morgan fingerprint density at radius 1 is 1.60 bits per heavy atom. The van der Waals surface area contributed by atoms with Crippen molar-refractivity contribution in [2.75, 3.05) is 13.1 Å². The monoisotopic (exact) mass is 298 g/mol. The van der Waals surface area contributed by atoms with Gasteiger partial charge in [0.25, 0.3) is 0 Å². The maximum atomic E-state index is 11.8. The lowest BCUT2D eigenvalue weighted by atomic mass is 10.2. The zero-order valence-electron chi connectivity index (χ0n) is 11.3. The molecule has 1 aromatic carbocycles. The van der Waals surface area contributed by atoms with Crippen LogP contribution in [0.3, 0.4) is 0 Å². The van der Waals surface area contributed by atoms with Gasteiger partial charge in [-0.1, -0.05) is 23.7 Å². The number of rotatable bonds is 5. The van der Waals surface area contributed by atoms with Crippen molar-refractivity contribution in [2.24, 2.45) is 0 Å². The molecule has 110 valence electrons. The second kappa shape index (κ2) is 6.92. The Labute approximate surface area is 123 Å². The molecule has 0 radical (unpaired) electrons. The Kier molecular flexibility index (Phi) is 5.23. The highest BCUT2D eigenvalue weighted by atomic mass is 35.5. The number of nitrogens with one attached hydrogen (secondary N) is 2. The van der Waals surface area contributed by atoms with Gasteiger partial charge in [-0.3, -0.25) is 4.79 Å². The summed E-state index contributed by atoms with van der Waals surface area (Å²) in [5.74, 6) is 0.487. The van der Waals surface area contributed by atoms with Gasteiger partial charge in [0.05, 0.1) is 23.7 Å². The van der Waals surface area contributed by atoms with Crippen LogP contribution >= 0.6 is 11.6 Å². The Morgan fingerprint density at radius 3 is 3.00 bits per heavy atom. The van der Waals surface area contributed by atoms with Crippen molar-refractivity contribution in [3.05, 3.63) is 29.3 Å². The first-order chi connectivity index (χ1) is 9.56. The summed E-state index contributed by atoms with van der Waals surface area (Å²) >= 11 is 6.00. The molecule has 1 fully saturated rings. The van der Waals surface area contributed by atoms with Crippen LogP contribution in [0.1, 0.15) is 13.3 Å². The summed E-state index contributed by atoms with van der Waals surface area (Å²) in [6, 6.07) is 6.90. The lowest BCUT2D eigenvalue weighted by Crippen LogP contribution is -2.43. The molecule has 0 aromatic heterocycles. The number of β-amino-alcohol motifs (C(OH)–C–C–N with tert-alkyl or cyclic N) is 1. The summed E-state index contributed by atoms with van der Waals surface area (Å²) < 4.78 is 5.66. The number of ether oxygens (including phenoxy) is 1. The molecule has 0 spiro atoms. The van der Waals surface area contributed by atoms with E-state index in [1.807, 2.05) is 19.1 Å². The molecule has 0 saturated carbocycles. The number of para-hydroxylation sites is 1. The zero-order chi connectivity index (χ0) is 14.5. The van der Waals surface area contributed by atoms with Crippen LogP contribution in [0.5, 0.6) is 5.75 Å². The maximum Gasteiger partial charge on any atom is 0.237 e. The minimum atomic E-state index is -0.442. The van der Waals surface area contributed by atoms with Crippen LogP contribution in [-0.4, -0.2) is 42.4 Å². The topological polar surface area (TPSA) is 70.6 Å². The molecule has 1 aromatic rings. The van der Waals surface area contributed by atoms with Crippen molar-refractivity contribution in [1.29, 1.82) is 0 Å². The number of halogens is 1. The van der Waals surface area contributed by atoms with Gasteiger partial charge in [0.2, 0.25) is 5.91 Å². The lowest BCUT2D eigenvalue weighted by molar-refractivity contribution is -0.123. The smallest absolute Gasteiger partial charge is 0.237 e. The van der Waals surface area contributed by atoms with E-state index in [0.29, 0.717) is 30.3 Å². The normalized spacial score (nSPS) is 23.4. The summed E-state index contributed by atoms with van der Waals surface area (Å²) in [4.78, 5) is 11.8.